The molecule has 6 nitrogen and oxygen atoms in total. The van der Waals surface area contributed by atoms with Gasteiger partial charge in [0.15, 0.2) is 6.33 Å². The fourth-order valence-corrected chi connectivity index (χ4v) is 0.238. The first-order chi connectivity index (χ1) is 4.63. The van der Waals surface area contributed by atoms with Gasteiger partial charge in [0, 0.05) is 6.92 Å². The first-order valence-corrected chi connectivity index (χ1v) is 2.64. The van der Waals surface area contributed by atoms with Crippen molar-refractivity contribution >= 4 is 18.8 Å². The third-order valence-corrected chi connectivity index (χ3v) is 0.521. The van der Waals surface area contributed by atoms with Crippen molar-refractivity contribution in [2.75, 3.05) is 0 Å². The molecule has 0 unspecified atom stereocenters. The molecular weight excluding hydrogens is 156 g/mol. The van der Waals surface area contributed by atoms with Gasteiger partial charge in [-0.25, -0.2) is 0 Å². The number of nitrogens with zero attached hydrogens (tertiary/aromatic N) is 4. The van der Waals surface area contributed by atoms with Crippen LogP contribution in [0.2, 0.25) is 0 Å². The summed E-state index contributed by atoms with van der Waals surface area (Å²) in [6.45, 7) is 1.08. The molecule has 10 heavy (non-hydrogen) atoms. The number of carboxylic acid groups (broad SMARTS) is 1. The van der Waals surface area contributed by atoms with Crippen molar-refractivity contribution in [3.05, 3.63) is 6.33 Å². The predicted octanol–water partition coefficient (Wildman–Crippen LogP) is -0.543. The zero-order valence-corrected chi connectivity index (χ0v) is 6.06. The average molecular weight is 162 g/mol. The summed E-state index contributed by atoms with van der Waals surface area (Å²) < 4.78 is 1.22. The standard InChI is InChI=1S/C2H4O2.CH2N4S/c1-2(3)4;6-5-1-2-3-4-5/h1H3,(H,3,4);1,6H. The smallest absolute Gasteiger partial charge is 0.300 e. The van der Waals surface area contributed by atoms with Crippen molar-refractivity contribution in [1.29, 1.82) is 0 Å². The lowest BCUT2D eigenvalue weighted by atomic mass is 10.9. The number of carboxylic acids is 1. The second-order valence-corrected chi connectivity index (χ2v) is 1.66. The highest BCUT2D eigenvalue weighted by Gasteiger charge is 1.73. The minimum absolute atomic E-state index is 0.833. The molecule has 0 amide bonds. The monoisotopic (exact) mass is 162 g/mol. The fraction of sp³-hybridized carbons (Fsp3) is 0.333. The molecule has 1 aromatic heterocycles. The Kier molecular flexibility index (Phi) is 4.21. The Hall–Kier alpha value is -1.11. The predicted molar refractivity (Wildman–Crippen MR) is 35.5 cm³/mol. The second-order valence-electron chi connectivity index (χ2n) is 1.25. The summed E-state index contributed by atoms with van der Waals surface area (Å²) in [5, 5.41) is 17.3. The molecule has 0 saturated heterocycles. The van der Waals surface area contributed by atoms with E-state index in [1.165, 1.54) is 10.4 Å². The van der Waals surface area contributed by atoms with Crippen LogP contribution < -0.4 is 0 Å². The molecule has 0 aliphatic rings. The van der Waals surface area contributed by atoms with Crippen LogP contribution in [-0.2, 0) is 4.79 Å². The number of hydrogen-bond donors (Lipinski definition) is 2. The third-order valence-electron chi connectivity index (χ3n) is 0.338. The normalized spacial score (nSPS) is 7.80. The van der Waals surface area contributed by atoms with E-state index in [0.717, 1.165) is 6.92 Å². The van der Waals surface area contributed by atoms with E-state index in [9.17, 15) is 0 Å². The minimum atomic E-state index is -0.833. The molecule has 0 saturated carbocycles. The number of thiol groups is 1. The van der Waals surface area contributed by atoms with Gasteiger partial charge in [0.2, 0.25) is 0 Å². The van der Waals surface area contributed by atoms with Gasteiger partial charge in [-0.15, -0.1) is 5.10 Å². The molecule has 0 spiro atoms. The number of carbonyl (C=O) groups is 1. The Morgan fingerprint density at radius 2 is 2.30 bits per heavy atom. The Morgan fingerprint density at radius 3 is 2.40 bits per heavy atom. The van der Waals surface area contributed by atoms with E-state index in [2.05, 4.69) is 28.3 Å². The van der Waals surface area contributed by atoms with Gasteiger partial charge in [-0.3, -0.25) is 4.79 Å². The van der Waals surface area contributed by atoms with E-state index in [-0.39, 0.29) is 0 Å². The lowest BCUT2D eigenvalue weighted by Gasteiger charge is -1.69. The maximum atomic E-state index is 9.00. The van der Waals surface area contributed by atoms with Crippen LogP contribution in [0.15, 0.2) is 6.33 Å². The molecule has 56 valence electrons. The van der Waals surface area contributed by atoms with Crippen molar-refractivity contribution in [3.63, 3.8) is 0 Å². The molecule has 0 atom stereocenters. The Bertz CT molecular complexity index is 182. The summed E-state index contributed by atoms with van der Waals surface area (Å²) in [6, 6.07) is 0. The van der Waals surface area contributed by atoms with E-state index in [1.54, 1.807) is 0 Å². The fourth-order valence-electron chi connectivity index (χ4n) is 0.156. The van der Waals surface area contributed by atoms with Crippen molar-refractivity contribution in [1.82, 2.24) is 19.6 Å². The highest BCUT2D eigenvalue weighted by atomic mass is 32.1. The van der Waals surface area contributed by atoms with Gasteiger partial charge in [-0.05, 0) is 23.2 Å². The van der Waals surface area contributed by atoms with Crippen molar-refractivity contribution in [2.45, 2.75) is 6.92 Å². The third kappa shape index (κ3) is 6.89. The zero-order chi connectivity index (χ0) is 7.98. The minimum Gasteiger partial charge on any atom is -0.481 e. The van der Waals surface area contributed by atoms with Crippen LogP contribution in [0, 0.1) is 0 Å². The highest BCUT2D eigenvalue weighted by molar-refractivity contribution is 7.78. The SMILES string of the molecule is CC(=O)O.Sn1cnnn1. The highest BCUT2D eigenvalue weighted by Crippen LogP contribution is 1.72. The van der Waals surface area contributed by atoms with E-state index in [1.807, 2.05) is 0 Å². The zero-order valence-electron chi connectivity index (χ0n) is 5.17. The first-order valence-electron chi connectivity index (χ1n) is 2.24. The topological polar surface area (TPSA) is 80.9 Å². The molecule has 0 aliphatic heterocycles. The molecule has 7 heteroatoms. The number of aromatic nitrogens is 4. The van der Waals surface area contributed by atoms with Gasteiger partial charge in [0.05, 0.1) is 0 Å². The van der Waals surface area contributed by atoms with Crippen molar-refractivity contribution in [2.24, 2.45) is 0 Å². The molecule has 1 rings (SSSR count). The lowest BCUT2D eigenvalue weighted by molar-refractivity contribution is -0.134. The molecule has 1 aromatic rings. The van der Waals surface area contributed by atoms with Gasteiger partial charge >= 0.3 is 0 Å². The van der Waals surface area contributed by atoms with Gasteiger partial charge in [0.1, 0.15) is 0 Å². The number of hydrogen-bond acceptors (Lipinski definition) is 5. The first kappa shape index (κ1) is 8.89. The van der Waals surface area contributed by atoms with Crippen LogP contribution in [0.1, 0.15) is 6.92 Å². The van der Waals surface area contributed by atoms with Crippen LogP contribution in [0.5, 0.6) is 0 Å². The second kappa shape index (κ2) is 4.74. The molecule has 1 heterocycles. The Labute approximate surface area is 62.4 Å². The summed E-state index contributed by atoms with van der Waals surface area (Å²) >= 11 is 3.72. The molecule has 0 aromatic carbocycles. The van der Waals surface area contributed by atoms with Crippen LogP contribution in [0.25, 0.3) is 0 Å². The van der Waals surface area contributed by atoms with Gasteiger partial charge < -0.3 is 5.11 Å². The van der Waals surface area contributed by atoms with Crippen LogP contribution in [-0.4, -0.2) is 30.7 Å². The molecule has 1 N–H and O–H groups in total. The number of rotatable bonds is 0. The van der Waals surface area contributed by atoms with E-state index < -0.39 is 5.97 Å². The van der Waals surface area contributed by atoms with E-state index >= 15 is 0 Å². The molecule has 0 bridgehead atoms. The van der Waals surface area contributed by atoms with E-state index in [4.69, 9.17) is 9.90 Å². The number of aliphatic carboxylic acids is 1. The molecule has 0 radical (unpaired) electrons. The summed E-state index contributed by atoms with van der Waals surface area (Å²) in [7, 11) is 0. The summed E-state index contributed by atoms with van der Waals surface area (Å²) in [5.41, 5.74) is 0. The number of tetrazole rings is 1. The van der Waals surface area contributed by atoms with Crippen molar-refractivity contribution in [3.8, 4) is 0 Å². The van der Waals surface area contributed by atoms with Crippen LogP contribution in [0.3, 0.4) is 0 Å². The maximum Gasteiger partial charge on any atom is 0.300 e. The lowest BCUT2D eigenvalue weighted by Crippen LogP contribution is -1.78. The van der Waals surface area contributed by atoms with Crippen molar-refractivity contribution < 1.29 is 9.90 Å². The van der Waals surface area contributed by atoms with Crippen LogP contribution >= 0.6 is 12.8 Å². The molecule has 0 aliphatic carbocycles. The summed E-state index contributed by atoms with van der Waals surface area (Å²) in [6.07, 6.45) is 1.39. The van der Waals surface area contributed by atoms with Gasteiger partial charge in [-0.2, -0.15) is 4.09 Å². The quantitative estimate of drug-likeness (QED) is 0.500. The summed E-state index contributed by atoms with van der Waals surface area (Å²) in [5.74, 6) is -0.833. The maximum absolute atomic E-state index is 9.00. The van der Waals surface area contributed by atoms with Gasteiger partial charge in [-0.1, -0.05) is 0 Å². The van der Waals surface area contributed by atoms with E-state index in [0.29, 0.717) is 0 Å². The Morgan fingerprint density at radius 1 is 1.80 bits per heavy atom. The van der Waals surface area contributed by atoms with Gasteiger partial charge in [0.25, 0.3) is 5.97 Å². The Balaban J connectivity index is 0.000000180. The largest absolute Gasteiger partial charge is 0.481 e. The van der Waals surface area contributed by atoms with Crippen LogP contribution in [0.4, 0.5) is 0 Å². The summed E-state index contributed by atoms with van der Waals surface area (Å²) in [4.78, 5) is 9.00. The molecule has 0 fully saturated rings. The average Bonchev–Trinajstić information content (AvgIpc) is 2.15. The molecular formula is C3H6N4O2S.